The molecule has 5 heteroatoms. The Hall–Kier alpha value is -0.770. The van der Waals surface area contributed by atoms with Crippen LogP contribution in [0.15, 0.2) is 0 Å². The molecule has 1 heterocycles. The van der Waals surface area contributed by atoms with Crippen LogP contribution in [-0.4, -0.2) is 42.2 Å². The molecule has 1 rings (SSSR count). The minimum Gasteiger partial charge on any atom is -0.356 e. The molecule has 0 bridgehead atoms. The third-order valence-electron chi connectivity index (χ3n) is 3.18. The van der Waals surface area contributed by atoms with Crippen LogP contribution in [0.4, 0.5) is 0 Å². The van der Waals surface area contributed by atoms with Gasteiger partial charge in [0.2, 0.25) is 11.8 Å². The Morgan fingerprint density at radius 3 is 2.47 bits per heavy atom. The molecule has 0 aliphatic carbocycles. The van der Waals surface area contributed by atoms with Gasteiger partial charge in [-0.2, -0.15) is 0 Å². The van der Waals surface area contributed by atoms with Crippen LogP contribution in [0.2, 0.25) is 0 Å². The SMILES string of the molecule is CCNC(=O)C1CCN(C(=O)C(C)CCl)CC1. The quantitative estimate of drug-likeness (QED) is 0.773. The number of hydrogen-bond acceptors (Lipinski definition) is 2. The highest BCUT2D eigenvalue weighted by molar-refractivity contribution is 6.19. The molecule has 0 aromatic rings. The second-order valence-corrected chi connectivity index (χ2v) is 4.86. The van der Waals surface area contributed by atoms with Crippen molar-refractivity contribution < 1.29 is 9.59 Å². The van der Waals surface area contributed by atoms with E-state index in [4.69, 9.17) is 11.6 Å². The number of carbonyl (C=O) groups is 2. The number of hydrogen-bond donors (Lipinski definition) is 1. The van der Waals surface area contributed by atoms with Gasteiger partial charge in [-0.25, -0.2) is 0 Å². The Balaban J connectivity index is 2.40. The Bertz CT molecular complexity index is 276. The van der Waals surface area contributed by atoms with Crippen molar-refractivity contribution in [2.45, 2.75) is 26.7 Å². The van der Waals surface area contributed by atoms with E-state index in [1.165, 1.54) is 0 Å². The van der Waals surface area contributed by atoms with Gasteiger partial charge in [0.15, 0.2) is 0 Å². The molecule has 1 aliphatic heterocycles. The average Bonchev–Trinajstić information content (AvgIpc) is 2.37. The van der Waals surface area contributed by atoms with Crippen LogP contribution in [0.1, 0.15) is 26.7 Å². The number of piperidine rings is 1. The molecule has 0 saturated carbocycles. The van der Waals surface area contributed by atoms with E-state index in [1.807, 2.05) is 18.7 Å². The number of nitrogens with one attached hydrogen (secondary N) is 1. The summed E-state index contributed by atoms with van der Waals surface area (Å²) in [7, 11) is 0. The lowest BCUT2D eigenvalue weighted by molar-refractivity contribution is -0.138. The second-order valence-electron chi connectivity index (χ2n) is 4.55. The van der Waals surface area contributed by atoms with E-state index in [1.54, 1.807) is 0 Å². The van der Waals surface area contributed by atoms with Crippen molar-refractivity contribution >= 4 is 23.4 Å². The zero-order valence-corrected chi connectivity index (χ0v) is 11.3. The Labute approximate surface area is 108 Å². The Morgan fingerprint density at radius 1 is 1.41 bits per heavy atom. The largest absolute Gasteiger partial charge is 0.356 e. The maximum atomic E-state index is 11.9. The topological polar surface area (TPSA) is 49.4 Å². The van der Waals surface area contributed by atoms with Crippen LogP contribution in [0.25, 0.3) is 0 Å². The summed E-state index contributed by atoms with van der Waals surface area (Å²) < 4.78 is 0. The number of amides is 2. The zero-order valence-electron chi connectivity index (χ0n) is 10.5. The molecular weight excluding hydrogens is 240 g/mol. The fourth-order valence-electron chi connectivity index (χ4n) is 2.06. The van der Waals surface area contributed by atoms with Gasteiger partial charge in [0, 0.05) is 37.4 Å². The van der Waals surface area contributed by atoms with E-state index in [0.717, 1.165) is 12.8 Å². The maximum Gasteiger partial charge on any atom is 0.226 e. The van der Waals surface area contributed by atoms with Crippen LogP contribution in [0, 0.1) is 11.8 Å². The smallest absolute Gasteiger partial charge is 0.226 e. The van der Waals surface area contributed by atoms with Gasteiger partial charge in [-0.05, 0) is 19.8 Å². The molecule has 1 saturated heterocycles. The molecule has 0 spiro atoms. The summed E-state index contributed by atoms with van der Waals surface area (Å²) in [6, 6.07) is 0. The summed E-state index contributed by atoms with van der Waals surface area (Å²) in [6.45, 7) is 5.76. The molecule has 1 fully saturated rings. The molecule has 98 valence electrons. The van der Waals surface area contributed by atoms with E-state index in [9.17, 15) is 9.59 Å². The molecule has 0 aromatic carbocycles. The van der Waals surface area contributed by atoms with Crippen LogP contribution in [0.5, 0.6) is 0 Å². The van der Waals surface area contributed by atoms with E-state index in [2.05, 4.69) is 5.32 Å². The van der Waals surface area contributed by atoms with Crippen LogP contribution >= 0.6 is 11.6 Å². The lowest BCUT2D eigenvalue weighted by Gasteiger charge is -2.32. The number of nitrogens with zero attached hydrogens (tertiary/aromatic N) is 1. The van der Waals surface area contributed by atoms with Crippen molar-refractivity contribution in [3.63, 3.8) is 0 Å². The van der Waals surface area contributed by atoms with Gasteiger partial charge in [0.1, 0.15) is 0 Å². The highest BCUT2D eigenvalue weighted by Gasteiger charge is 2.28. The molecule has 0 radical (unpaired) electrons. The van der Waals surface area contributed by atoms with Gasteiger partial charge in [0.05, 0.1) is 0 Å². The maximum absolute atomic E-state index is 11.9. The third-order valence-corrected chi connectivity index (χ3v) is 3.64. The molecule has 1 aliphatic rings. The second kappa shape index (κ2) is 6.84. The van der Waals surface area contributed by atoms with Crippen molar-refractivity contribution in [3.8, 4) is 0 Å². The molecule has 1 atom stereocenters. The summed E-state index contributed by atoms with van der Waals surface area (Å²) in [5, 5.41) is 2.83. The van der Waals surface area contributed by atoms with Gasteiger partial charge < -0.3 is 10.2 Å². The molecule has 1 unspecified atom stereocenters. The number of likely N-dealkylation sites (tertiary alicyclic amines) is 1. The van der Waals surface area contributed by atoms with Gasteiger partial charge in [-0.15, -0.1) is 11.6 Å². The van der Waals surface area contributed by atoms with Crippen LogP contribution in [0.3, 0.4) is 0 Å². The summed E-state index contributed by atoms with van der Waals surface area (Å²) >= 11 is 5.67. The average molecular weight is 261 g/mol. The van der Waals surface area contributed by atoms with Gasteiger partial charge in [0.25, 0.3) is 0 Å². The van der Waals surface area contributed by atoms with E-state index in [-0.39, 0.29) is 23.7 Å². The fourth-order valence-corrected chi connectivity index (χ4v) is 2.19. The van der Waals surface area contributed by atoms with Gasteiger partial charge in [-0.1, -0.05) is 6.92 Å². The van der Waals surface area contributed by atoms with Crippen LogP contribution in [-0.2, 0) is 9.59 Å². The first-order valence-electron chi connectivity index (χ1n) is 6.22. The molecule has 4 nitrogen and oxygen atoms in total. The molecular formula is C12H21ClN2O2. The molecule has 1 N–H and O–H groups in total. The van der Waals surface area contributed by atoms with Crippen molar-refractivity contribution in [2.75, 3.05) is 25.5 Å². The Kier molecular flexibility index (Phi) is 5.75. The van der Waals surface area contributed by atoms with Crippen molar-refractivity contribution in [2.24, 2.45) is 11.8 Å². The van der Waals surface area contributed by atoms with E-state index < -0.39 is 0 Å². The summed E-state index contributed by atoms with van der Waals surface area (Å²) in [5.74, 6) is 0.511. The third kappa shape index (κ3) is 3.87. The van der Waals surface area contributed by atoms with Gasteiger partial charge >= 0.3 is 0 Å². The predicted molar refractivity (Wildman–Crippen MR) is 67.9 cm³/mol. The summed E-state index contributed by atoms with van der Waals surface area (Å²) in [4.78, 5) is 25.3. The minimum atomic E-state index is -0.127. The molecule has 0 aromatic heterocycles. The van der Waals surface area contributed by atoms with Crippen molar-refractivity contribution in [3.05, 3.63) is 0 Å². The molecule has 17 heavy (non-hydrogen) atoms. The molecule has 2 amide bonds. The first-order valence-corrected chi connectivity index (χ1v) is 6.76. The highest BCUT2D eigenvalue weighted by atomic mass is 35.5. The number of halogens is 1. The summed E-state index contributed by atoms with van der Waals surface area (Å²) in [6.07, 6.45) is 1.51. The monoisotopic (exact) mass is 260 g/mol. The number of carbonyl (C=O) groups excluding carboxylic acids is 2. The fraction of sp³-hybridized carbons (Fsp3) is 0.833. The first kappa shape index (κ1) is 14.3. The first-order chi connectivity index (χ1) is 8.10. The standard InChI is InChI=1S/C12H21ClN2O2/c1-3-14-11(16)10-4-6-15(7-5-10)12(17)9(2)8-13/h9-10H,3-8H2,1-2H3,(H,14,16). The normalized spacial score (nSPS) is 18.9. The lowest BCUT2D eigenvalue weighted by atomic mass is 9.95. The van der Waals surface area contributed by atoms with E-state index in [0.29, 0.717) is 25.5 Å². The zero-order chi connectivity index (χ0) is 12.8. The van der Waals surface area contributed by atoms with Crippen molar-refractivity contribution in [1.82, 2.24) is 10.2 Å². The summed E-state index contributed by atoms with van der Waals surface area (Å²) in [5.41, 5.74) is 0. The van der Waals surface area contributed by atoms with Gasteiger partial charge in [-0.3, -0.25) is 9.59 Å². The van der Waals surface area contributed by atoms with Crippen LogP contribution < -0.4 is 5.32 Å². The number of rotatable bonds is 4. The van der Waals surface area contributed by atoms with E-state index >= 15 is 0 Å². The minimum absolute atomic E-state index is 0.0605. The van der Waals surface area contributed by atoms with Crippen molar-refractivity contribution in [1.29, 1.82) is 0 Å². The Morgan fingerprint density at radius 2 is 2.00 bits per heavy atom. The number of alkyl halides is 1. The highest BCUT2D eigenvalue weighted by Crippen LogP contribution is 2.19. The lowest BCUT2D eigenvalue weighted by Crippen LogP contribution is -2.44. The predicted octanol–water partition coefficient (Wildman–Crippen LogP) is 1.24.